The minimum Gasteiger partial charge on any atom is -0.495 e. The summed E-state index contributed by atoms with van der Waals surface area (Å²) in [4.78, 5) is 35.4. The Morgan fingerprint density at radius 2 is 1.85 bits per heavy atom. The predicted molar refractivity (Wildman–Crippen MR) is 151 cm³/mol. The van der Waals surface area contributed by atoms with Crippen LogP contribution in [0.4, 0.5) is 5.69 Å². The van der Waals surface area contributed by atoms with Crippen molar-refractivity contribution in [3.05, 3.63) is 76.9 Å². The number of pyridine rings is 1. The first kappa shape index (κ1) is 28.0. The predicted octanol–water partition coefficient (Wildman–Crippen LogP) is 5.32. The van der Waals surface area contributed by atoms with Crippen LogP contribution in [-0.4, -0.2) is 67.0 Å². The van der Waals surface area contributed by atoms with E-state index in [1.165, 1.54) is 12.1 Å². The number of halogens is 1. The summed E-state index contributed by atoms with van der Waals surface area (Å²) in [5, 5.41) is 14.6. The Bertz CT molecular complexity index is 1520. The molecule has 1 saturated carbocycles. The smallest absolute Gasteiger partial charge is 0.357 e. The van der Waals surface area contributed by atoms with Crippen LogP contribution >= 0.6 is 11.6 Å². The van der Waals surface area contributed by atoms with Gasteiger partial charge in [-0.05, 0) is 49.2 Å². The highest BCUT2D eigenvalue weighted by atomic mass is 35.5. The van der Waals surface area contributed by atoms with Gasteiger partial charge >= 0.3 is 5.69 Å². The lowest BCUT2D eigenvalue weighted by Crippen LogP contribution is -2.43. The summed E-state index contributed by atoms with van der Waals surface area (Å²) >= 11 is 6.43. The second-order valence-electron chi connectivity index (χ2n) is 9.62. The number of benzene rings is 2. The van der Waals surface area contributed by atoms with Crippen molar-refractivity contribution >= 4 is 23.2 Å². The van der Waals surface area contributed by atoms with Crippen LogP contribution in [0.5, 0.6) is 11.5 Å². The Kier molecular flexibility index (Phi) is 8.73. The fourth-order valence-corrected chi connectivity index (χ4v) is 5.29. The van der Waals surface area contributed by atoms with E-state index in [-0.39, 0.29) is 34.9 Å². The van der Waals surface area contributed by atoms with Gasteiger partial charge in [-0.2, -0.15) is 5.10 Å². The molecule has 0 radical (unpaired) electrons. The molecule has 1 aliphatic carbocycles. The van der Waals surface area contributed by atoms with Crippen LogP contribution in [-0.2, 0) is 11.3 Å². The minimum atomic E-state index is -0.276. The summed E-state index contributed by atoms with van der Waals surface area (Å²) < 4.78 is 12.8. The van der Waals surface area contributed by atoms with E-state index in [2.05, 4.69) is 4.98 Å². The second-order valence-corrected chi connectivity index (χ2v) is 10.0. The molecule has 0 saturated heterocycles. The van der Waals surface area contributed by atoms with Crippen molar-refractivity contribution in [3.8, 4) is 34.3 Å². The molecule has 0 atom stereocenters. The first-order chi connectivity index (χ1) is 19.9. The molecule has 0 aliphatic heterocycles. The number of rotatable bonds is 11. The number of carbonyl (C=O) groups excluding carboxylic acids is 1. The maximum Gasteiger partial charge on any atom is 0.357 e. The molecule has 1 N–H and O–H groups in total. The molecule has 0 bridgehead atoms. The molecule has 212 valence electrons. The van der Waals surface area contributed by atoms with Gasteiger partial charge in [-0.25, -0.2) is 14.9 Å². The molecule has 4 aromatic rings. The fraction of sp³-hybridized carbons (Fsp3) is 0.310. The van der Waals surface area contributed by atoms with Gasteiger partial charge < -0.3 is 14.4 Å². The van der Waals surface area contributed by atoms with Crippen LogP contribution in [0, 0.1) is 4.91 Å². The Morgan fingerprint density at radius 1 is 1.10 bits per heavy atom. The number of methoxy groups -OCH3 is 1. The van der Waals surface area contributed by atoms with Gasteiger partial charge in [0.25, 0.3) is 10.8 Å². The van der Waals surface area contributed by atoms with E-state index in [1.807, 2.05) is 23.1 Å². The van der Waals surface area contributed by atoms with E-state index in [0.717, 1.165) is 36.8 Å². The molecule has 41 heavy (non-hydrogen) atoms. The zero-order chi connectivity index (χ0) is 28.8. The van der Waals surface area contributed by atoms with Crippen LogP contribution in [0.25, 0.3) is 22.8 Å². The number of amides is 1. The third kappa shape index (κ3) is 6.46. The Balaban J connectivity index is 1.40. The lowest BCUT2D eigenvalue weighted by molar-refractivity contribution is -0.730. The fourth-order valence-electron chi connectivity index (χ4n) is 5.03. The van der Waals surface area contributed by atoms with E-state index in [9.17, 15) is 14.9 Å². The average Bonchev–Trinajstić information content (AvgIpc) is 3.68. The number of hydrogen-bond donors (Lipinski definition) is 1. The van der Waals surface area contributed by atoms with Gasteiger partial charge in [0.15, 0.2) is 18.3 Å². The maximum absolute atomic E-state index is 13.5. The summed E-state index contributed by atoms with van der Waals surface area (Å²) in [5.74, 6) is 1.59. The number of para-hydroxylation sites is 2. The molecule has 2 aromatic heterocycles. The number of nitrogens with zero attached hydrogens (tertiary/aromatic N) is 6. The van der Waals surface area contributed by atoms with E-state index < -0.39 is 0 Å². The largest absolute Gasteiger partial charge is 0.495 e. The van der Waals surface area contributed by atoms with Gasteiger partial charge in [0.2, 0.25) is 5.75 Å². The van der Waals surface area contributed by atoms with Crippen LogP contribution in [0.1, 0.15) is 25.7 Å². The number of carbonyl (C=O) groups is 1. The molecule has 1 aliphatic rings. The molecule has 12 heteroatoms. The zero-order valence-corrected chi connectivity index (χ0v) is 23.3. The lowest BCUT2D eigenvalue weighted by atomic mass is 10.2. The zero-order valence-electron chi connectivity index (χ0n) is 22.5. The van der Waals surface area contributed by atoms with Gasteiger partial charge in [0.05, 0.1) is 23.6 Å². The van der Waals surface area contributed by atoms with Crippen molar-refractivity contribution in [2.24, 2.45) is 0 Å². The number of aromatic nitrogens is 4. The molecule has 2 heterocycles. The maximum atomic E-state index is 13.5. The number of hydrogen-bond acceptors (Lipinski definition) is 7. The van der Waals surface area contributed by atoms with Gasteiger partial charge in [-0.15, -0.1) is 0 Å². The van der Waals surface area contributed by atoms with Crippen LogP contribution < -0.4 is 9.47 Å². The van der Waals surface area contributed by atoms with Gasteiger partial charge in [0.1, 0.15) is 5.75 Å². The van der Waals surface area contributed by atoms with E-state index in [4.69, 9.17) is 31.2 Å². The average molecular weight is 578 g/mol. The molecule has 0 unspecified atom stereocenters. The van der Waals surface area contributed by atoms with Crippen LogP contribution in [0.3, 0.4) is 0 Å². The van der Waals surface area contributed by atoms with Crippen molar-refractivity contribution < 1.29 is 24.4 Å². The van der Waals surface area contributed by atoms with E-state index in [1.54, 1.807) is 48.5 Å². The molecule has 2 aromatic carbocycles. The van der Waals surface area contributed by atoms with Crippen molar-refractivity contribution in [2.45, 2.75) is 38.3 Å². The SMILES string of the molecule is COc1ccc(-c2nc(-c3ccncc3)nn2CCN(C(=O)COc2ccccc2[N+](=O)O)C2CCCC2)cc1Cl. The Hall–Kier alpha value is -4.51. The Labute approximate surface area is 241 Å². The molecular formula is C29H30ClN6O5+. The molecule has 11 nitrogen and oxygen atoms in total. The van der Waals surface area contributed by atoms with Crippen LogP contribution in [0.2, 0.25) is 5.02 Å². The summed E-state index contributed by atoms with van der Waals surface area (Å²) in [6.45, 7) is 0.473. The molecule has 1 amide bonds. The summed E-state index contributed by atoms with van der Waals surface area (Å²) in [5.41, 5.74) is 1.50. The molecule has 1 fully saturated rings. The van der Waals surface area contributed by atoms with E-state index >= 15 is 0 Å². The monoisotopic (exact) mass is 577 g/mol. The molecule has 0 spiro atoms. The van der Waals surface area contributed by atoms with Crippen molar-refractivity contribution in [2.75, 3.05) is 20.3 Å². The van der Waals surface area contributed by atoms with Crippen LogP contribution in [0.15, 0.2) is 67.0 Å². The normalized spacial score (nSPS) is 13.2. The highest BCUT2D eigenvalue weighted by Gasteiger charge is 2.28. The highest BCUT2D eigenvalue weighted by molar-refractivity contribution is 6.32. The van der Waals surface area contributed by atoms with Crippen molar-refractivity contribution in [3.63, 3.8) is 0 Å². The summed E-state index contributed by atoms with van der Waals surface area (Å²) in [7, 11) is 1.56. The van der Waals surface area contributed by atoms with Gasteiger partial charge in [-0.1, -0.05) is 36.6 Å². The quantitative estimate of drug-likeness (QED) is 0.238. The first-order valence-electron chi connectivity index (χ1n) is 13.3. The van der Waals surface area contributed by atoms with Gasteiger partial charge in [-0.3, -0.25) is 9.78 Å². The second kappa shape index (κ2) is 12.8. The lowest BCUT2D eigenvalue weighted by Gasteiger charge is -2.29. The Morgan fingerprint density at radius 3 is 2.56 bits per heavy atom. The topological polar surface area (TPSA) is 123 Å². The molecule has 5 rings (SSSR count). The third-order valence-corrected chi connectivity index (χ3v) is 7.38. The van der Waals surface area contributed by atoms with Crippen molar-refractivity contribution in [1.29, 1.82) is 0 Å². The third-order valence-electron chi connectivity index (χ3n) is 7.08. The molecular weight excluding hydrogens is 548 g/mol. The number of ether oxygens (including phenoxy) is 2. The highest BCUT2D eigenvalue weighted by Crippen LogP contribution is 2.31. The standard InChI is InChI=1S/C29H30ClN6O5/c1-40-25-11-10-21(18-23(25)30)29-32-28(20-12-14-31-15-13-20)33-35(29)17-16-34(22-6-2-3-7-22)27(37)19-41-26-9-5-4-8-24(26)36(38)39/h4-5,8-15,18,22H,2-3,6-7,16-17,19H2,1H3,(H,38,39)/q+1. The van der Waals surface area contributed by atoms with Crippen molar-refractivity contribution in [1.82, 2.24) is 24.6 Å². The minimum absolute atomic E-state index is 0.0669. The summed E-state index contributed by atoms with van der Waals surface area (Å²) in [6, 6.07) is 15.4. The first-order valence-corrected chi connectivity index (χ1v) is 13.7. The summed E-state index contributed by atoms with van der Waals surface area (Å²) in [6.07, 6.45) is 7.24. The van der Waals surface area contributed by atoms with Gasteiger partial charge in [0, 0.05) is 42.2 Å². The van der Waals surface area contributed by atoms with E-state index in [0.29, 0.717) is 35.5 Å².